The summed E-state index contributed by atoms with van der Waals surface area (Å²) in [5.74, 6) is -0.843. The SMILES string of the molecule is NC(=O)c1cc(S(=O)(=O)F)c[nH]1. The van der Waals surface area contributed by atoms with Gasteiger partial charge in [-0.25, -0.2) is 0 Å². The predicted octanol–water partition coefficient (Wildman–Crippen LogP) is -0.228. The summed E-state index contributed by atoms with van der Waals surface area (Å²) < 4.78 is 32.7. The monoisotopic (exact) mass is 192 g/mol. The van der Waals surface area contributed by atoms with Crippen molar-refractivity contribution < 1.29 is 17.1 Å². The number of nitrogens with one attached hydrogen (secondary N) is 1. The zero-order valence-corrected chi connectivity index (χ0v) is 6.56. The van der Waals surface area contributed by atoms with Crippen LogP contribution in [0.1, 0.15) is 10.5 Å². The van der Waals surface area contributed by atoms with E-state index in [-0.39, 0.29) is 5.69 Å². The van der Waals surface area contributed by atoms with Crippen LogP contribution in [-0.4, -0.2) is 19.3 Å². The maximum absolute atomic E-state index is 12.2. The number of hydrogen-bond donors (Lipinski definition) is 2. The van der Waals surface area contributed by atoms with E-state index < -0.39 is 21.0 Å². The molecule has 1 heterocycles. The second-order valence-electron chi connectivity index (χ2n) is 2.05. The Morgan fingerprint density at radius 1 is 1.58 bits per heavy atom. The van der Waals surface area contributed by atoms with Crippen molar-refractivity contribution in [3.8, 4) is 0 Å². The van der Waals surface area contributed by atoms with Gasteiger partial charge >= 0.3 is 10.2 Å². The molecular weight excluding hydrogens is 187 g/mol. The molecule has 66 valence electrons. The van der Waals surface area contributed by atoms with Crippen molar-refractivity contribution in [3.63, 3.8) is 0 Å². The summed E-state index contributed by atoms with van der Waals surface area (Å²) in [7, 11) is -4.75. The Morgan fingerprint density at radius 2 is 2.17 bits per heavy atom. The van der Waals surface area contributed by atoms with E-state index in [9.17, 15) is 17.1 Å². The van der Waals surface area contributed by atoms with Gasteiger partial charge in [0.25, 0.3) is 5.91 Å². The van der Waals surface area contributed by atoms with Crippen LogP contribution < -0.4 is 5.73 Å². The van der Waals surface area contributed by atoms with Gasteiger partial charge in [0.15, 0.2) is 0 Å². The van der Waals surface area contributed by atoms with E-state index in [1.807, 2.05) is 0 Å². The minimum absolute atomic E-state index is 0.147. The molecule has 0 aromatic carbocycles. The average Bonchev–Trinajstić information content (AvgIpc) is 2.30. The summed E-state index contributed by atoms with van der Waals surface area (Å²) in [6.07, 6.45) is 0.857. The molecule has 3 N–H and O–H groups in total. The molecule has 0 saturated heterocycles. The van der Waals surface area contributed by atoms with Crippen LogP contribution in [0.25, 0.3) is 0 Å². The molecule has 0 bridgehead atoms. The van der Waals surface area contributed by atoms with Crippen molar-refractivity contribution in [1.29, 1.82) is 0 Å². The Labute approximate surface area is 67.6 Å². The maximum atomic E-state index is 12.2. The minimum Gasteiger partial charge on any atom is -0.364 e. The highest BCUT2D eigenvalue weighted by Gasteiger charge is 2.15. The summed E-state index contributed by atoms with van der Waals surface area (Å²) >= 11 is 0. The second kappa shape index (κ2) is 2.59. The van der Waals surface area contributed by atoms with Crippen LogP contribution in [0.2, 0.25) is 0 Å². The highest BCUT2D eigenvalue weighted by molar-refractivity contribution is 7.86. The van der Waals surface area contributed by atoms with Gasteiger partial charge in [-0.05, 0) is 6.07 Å². The third kappa shape index (κ3) is 1.62. The maximum Gasteiger partial charge on any atom is 0.333 e. The van der Waals surface area contributed by atoms with Crippen LogP contribution in [0, 0.1) is 0 Å². The number of carbonyl (C=O) groups excluding carboxylic acids is 1. The number of hydrogen-bond acceptors (Lipinski definition) is 3. The molecule has 5 nitrogen and oxygen atoms in total. The standard InChI is InChI=1S/C5H5FN2O3S/c6-12(10,11)3-1-4(5(7)9)8-2-3/h1-2,8H,(H2,7,9). The average molecular weight is 192 g/mol. The number of aromatic nitrogens is 1. The first-order valence-electron chi connectivity index (χ1n) is 2.84. The minimum atomic E-state index is -4.75. The molecule has 0 atom stereocenters. The third-order valence-electron chi connectivity index (χ3n) is 1.20. The summed E-state index contributed by atoms with van der Waals surface area (Å²) in [6.45, 7) is 0. The molecule has 0 unspecified atom stereocenters. The summed E-state index contributed by atoms with van der Waals surface area (Å²) in [5.41, 5.74) is 4.64. The van der Waals surface area contributed by atoms with Crippen LogP contribution in [0.3, 0.4) is 0 Å². The second-order valence-corrected chi connectivity index (χ2v) is 3.40. The lowest BCUT2D eigenvalue weighted by Crippen LogP contribution is -2.10. The van der Waals surface area contributed by atoms with Crippen LogP contribution in [0.4, 0.5) is 3.89 Å². The van der Waals surface area contributed by atoms with Gasteiger partial charge in [-0.3, -0.25) is 4.79 Å². The number of aromatic amines is 1. The smallest absolute Gasteiger partial charge is 0.333 e. The van der Waals surface area contributed by atoms with Crippen LogP contribution in [0.5, 0.6) is 0 Å². The van der Waals surface area contributed by atoms with Crippen molar-refractivity contribution in [2.45, 2.75) is 4.90 Å². The number of H-pyrrole nitrogens is 1. The highest BCUT2D eigenvalue weighted by atomic mass is 32.3. The van der Waals surface area contributed by atoms with Crippen molar-refractivity contribution in [3.05, 3.63) is 18.0 Å². The van der Waals surface area contributed by atoms with E-state index >= 15 is 0 Å². The first-order valence-corrected chi connectivity index (χ1v) is 4.22. The zero-order valence-electron chi connectivity index (χ0n) is 5.74. The van der Waals surface area contributed by atoms with Gasteiger partial charge in [-0.15, -0.1) is 3.89 Å². The Morgan fingerprint density at radius 3 is 2.42 bits per heavy atom. The van der Waals surface area contributed by atoms with Gasteiger partial charge < -0.3 is 10.7 Å². The molecule has 0 fully saturated rings. The molecule has 1 aromatic heterocycles. The van der Waals surface area contributed by atoms with Crippen molar-refractivity contribution in [1.82, 2.24) is 4.98 Å². The molecule has 1 amide bonds. The third-order valence-corrected chi connectivity index (χ3v) is 2.00. The lowest BCUT2D eigenvalue weighted by atomic mass is 10.4. The Kier molecular flexibility index (Phi) is 1.89. The molecule has 0 aliphatic heterocycles. The van der Waals surface area contributed by atoms with E-state index in [0.717, 1.165) is 12.3 Å². The zero-order chi connectivity index (χ0) is 9.35. The number of amides is 1. The Bertz CT molecular complexity index is 408. The number of rotatable bonds is 2. The van der Waals surface area contributed by atoms with Gasteiger partial charge in [-0.1, -0.05) is 0 Å². The van der Waals surface area contributed by atoms with E-state index in [2.05, 4.69) is 4.98 Å². The number of nitrogens with two attached hydrogens (primary N) is 1. The van der Waals surface area contributed by atoms with Crippen molar-refractivity contribution in [2.24, 2.45) is 5.73 Å². The quantitative estimate of drug-likeness (QED) is 0.634. The lowest BCUT2D eigenvalue weighted by molar-refractivity contribution is 0.0996. The van der Waals surface area contributed by atoms with Gasteiger partial charge in [0.05, 0.1) is 0 Å². The normalized spacial score (nSPS) is 11.4. The predicted molar refractivity (Wildman–Crippen MR) is 37.6 cm³/mol. The molecule has 0 aliphatic carbocycles. The largest absolute Gasteiger partial charge is 0.364 e. The molecule has 1 rings (SSSR count). The first-order chi connectivity index (χ1) is 5.41. The Hall–Kier alpha value is -1.37. The topological polar surface area (TPSA) is 93.0 Å². The number of halogens is 1. The van der Waals surface area contributed by atoms with Crippen molar-refractivity contribution in [2.75, 3.05) is 0 Å². The van der Waals surface area contributed by atoms with Crippen LogP contribution >= 0.6 is 0 Å². The van der Waals surface area contributed by atoms with E-state index in [1.165, 1.54) is 0 Å². The van der Waals surface area contributed by atoms with E-state index in [0.29, 0.717) is 0 Å². The van der Waals surface area contributed by atoms with E-state index in [4.69, 9.17) is 5.73 Å². The van der Waals surface area contributed by atoms with Gasteiger partial charge in [0, 0.05) is 6.20 Å². The first kappa shape index (κ1) is 8.72. The molecule has 0 radical (unpaired) electrons. The fourth-order valence-electron chi connectivity index (χ4n) is 0.658. The fraction of sp³-hybridized carbons (Fsp3) is 0. The summed E-state index contributed by atoms with van der Waals surface area (Å²) in [6, 6.07) is 0.831. The molecule has 7 heteroatoms. The lowest BCUT2D eigenvalue weighted by Gasteiger charge is -1.84. The molecular formula is C5H5FN2O3S. The highest BCUT2D eigenvalue weighted by Crippen LogP contribution is 2.12. The van der Waals surface area contributed by atoms with Gasteiger partial charge in [0.2, 0.25) is 0 Å². The molecule has 1 aromatic rings. The van der Waals surface area contributed by atoms with Gasteiger partial charge in [-0.2, -0.15) is 8.42 Å². The number of carbonyl (C=O) groups is 1. The molecule has 0 aliphatic rings. The van der Waals surface area contributed by atoms with Crippen LogP contribution in [0.15, 0.2) is 17.2 Å². The van der Waals surface area contributed by atoms with Gasteiger partial charge in [0.1, 0.15) is 10.6 Å². The number of primary amides is 1. The summed E-state index contributed by atoms with van der Waals surface area (Å²) in [4.78, 5) is 12.0. The van der Waals surface area contributed by atoms with Crippen LogP contribution in [-0.2, 0) is 10.2 Å². The summed E-state index contributed by atoms with van der Waals surface area (Å²) in [5, 5.41) is 0. The van der Waals surface area contributed by atoms with Crippen molar-refractivity contribution >= 4 is 16.1 Å². The molecule has 0 saturated carbocycles. The fourth-order valence-corrected chi connectivity index (χ4v) is 1.12. The Balaban J connectivity index is 3.17. The molecule has 0 spiro atoms. The molecule has 12 heavy (non-hydrogen) atoms. The van der Waals surface area contributed by atoms with E-state index in [1.54, 1.807) is 0 Å².